The van der Waals surface area contributed by atoms with E-state index in [-0.39, 0.29) is 23.6 Å². The lowest BCUT2D eigenvalue weighted by Gasteiger charge is -2.18. The topological polar surface area (TPSA) is 35.0 Å². The van der Waals surface area contributed by atoms with Crippen LogP contribution in [0.4, 0.5) is 13.2 Å². The first-order chi connectivity index (χ1) is 11.7. The summed E-state index contributed by atoms with van der Waals surface area (Å²) in [6, 6.07) is 5.40. The second-order valence-electron chi connectivity index (χ2n) is 6.47. The van der Waals surface area contributed by atoms with Gasteiger partial charge < -0.3 is 4.74 Å². The molecule has 25 heavy (non-hydrogen) atoms. The zero-order chi connectivity index (χ0) is 18.6. The summed E-state index contributed by atoms with van der Waals surface area (Å²) in [6.45, 7) is 6.34. The fourth-order valence-electron chi connectivity index (χ4n) is 2.64. The van der Waals surface area contributed by atoms with Crippen molar-refractivity contribution in [2.75, 3.05) is 6.61 Å². The highest BCUT2D eigenvalue weighted by Gasteiger charge is 2.35. The summed E-state index contributed by atoms with van der Waals surface area (Å²) in [7, 11) is 0. The number of alkyl halides is 3. The Labute approximate surface area is 150 Å². The van der Waals surface area contributed by atoms with Crippen molar-refractivity contribution in [2.45, 2.75) is 33.4 Å². The highest BCUT2D eigenvalue weighted by atomic mass is 35.5. The SMILES string of the molecule is CC(C)CC(C)COc1ccc(-c2ccnc(Cl)n2)cc1C(F)(F)F. The molecule has 0 aliphatic carbocycles. The molecule has 3 nitrogen and oxygen atoms in total. The Bertz CT molecular complexity index is 720. The second kappa shape index (κ2) is 8.04. The Kier molecular flexibility index (Phi) is 6.27. The van der Waals surface area contributed by atoms with Crippen LogP contribution in [0, 0.1) is 11.8 Å². The van der Waals surface area contributed by atoms with Crippen LogP contribution >= 0.6 is 11.6 Å². The maximum absolute atomic E-state index is 13.4. The maximum atomic E-state index is 13.4. The molecule has 0 amide bonds. The third-order valence-electron chi connectivity index (χ3n) is 3.60. The molecule has 0 saturated heterocycles. The maximum Gasteiger partial charge on any atom is 0.419 e. The Hall–Kier alpha value is -1.82. The Morgan fingerprint density at radius 1 is 1.16 bits per heavy atom. The summed E-state index contributed by atoms with van der Waals surface area (Å²) in [5.41, 5.74) is -0.194. The summed E-state index contributed by atoms with van der Waals surface area (Å²) in [5, 5.41) is -0.0195. The predicted octanol–water partition coefficient (Wildman–Crippen LogP) is 5.88. The van der Waals surface area contributed by atoms with E-state index >= 15 is 0 Å². The monoisotopic (exact) mass is 372 g/mol. The molecule has 0 fully saturated rings. The number of rotatable bonds is 6. The predicted molar refractivity (Wildman–Crippen MR) is 91.6 cm³/mol. The number of nitrogens with zero attached hydrogens (tertiary/aromatic N) is 2. The third-order valence-corrected chi connectivity index (χ3v) is 3.79. The van der Waals surface area contributed by atoms with Crippen molar-refractivity contribution in [3.8, 4) is 17.0 Å². The summed E-state index contributed by atoms with van der Waals surface area (Å²) in [4.78, 5) is 7.68. The van der Waals surface area contributed by atoms with E-state index in [2.05, 4.69) is 23.8 Å². The fourth-order valence-corrected chi connectivity index (χ4v) is 2.78. The van der Waals surface area contributed by atoms with Crippen LogP contribution in [-0.4, -0.2) is 16.6 Å². The standard InChI is InChI=1S/C18H20ClF3N2O/c1-11(2)8-12(3)10-25-16-5-4-13(9-14(16)18(20,21)22)15-6-7-23-17(19)24-15/h4-7,9,11-12H,8,10H2,1-3H3. The average molecular weight is 373 g/mol. The molecule has 1 unspecified atom stereocenters. The molecule has 1 heterocycles. The van der Waals surface area contributed by atoms with E-state index in [9.17, 15) is 13.2 Å². The molecule has 136 valence electrons. The largest absolute Gasteiger partial charge is 0.493 e. The van der Waals surface area contributed by atoms with Crippen molar-refractivity contribution in [3.05, 3.63) is 41.3 Å². The number of hydrogen-bond acceptors (Lipinski definition) is 3. The van der Waals surface area contributed by atoms with Gasteiger partial charge in [0.2, 0.25) is 5.28 Å². The lowest BCUT2D eigenvalue weighted by Crippen LogP contribution is -2.14. The molecular formula is C18H20ClF3N2O. The molecular weight excluding hydrogens is 353 g/mol. The van der Waals surface area contributed by atoms with E-state index in [0.717, 1.165) is 12.5 Å². The molecule has 0 aliphatic rings. The Morgan fingerprint density at radius 2 is 1.88 bits per heavy atom. The number of halogens is 4. The van der Waals surface area contributed by atoms with Crippen molar-refractivity contribution >= 4 is 11.6 Å². The summed E-state index contributed by atoms with van der Waals surface area (Å²) in [6.07, 6.45) is -2.24. The molecule has 0 bridgehead atoms. The quantitative estimate of drug-likeness (QED) is 0.594. The molecule has 1 atom stereocenters. The zero-order valence-electron chi connectivity index (χ0n) is 14.3. The first kappa shape index (κ1) is 19.5. The summed E-state index contributed by atoms with van der Waals surface area (Å²) < 4.78 is 45.7. The molecule has 7 heteroatoms. The van der Waals surface area contributed by atoms with Gasteiger partial charge in [0, 0.05) is 11.8 Å². The lowest BCUT2D eigenvalue weighted by atomic mass is 10.00. The van der Waals surface area contributed by atoms with Gasteiger partial charge in [0.1, 0.15) is 5.75 Å². The zero-order valence-corrected chi connectivity index (χ0v) is 15.0. The normalized spacial score (nSPS) is 13.1. The number of aromatic nitrogens is 2. The number of benzene rings is 1. The van der Waals surface area contributed by atoms with Crippen molar-refractivity contribution in [1.29, 1.82) is 0 Å². The van der Waals surface area contributed by atoms with E-state index in [1.165, 1.54) is 24.4 Å². The van der Waals surface area contributed by atoms with Gasteiger partial charge in [-0.2, -0.15) is 13.2 Å². The minimum absolute atomic E-state index is 0.0195. The molecule has 2 aromatic rings. The van der Waals surface area contributed by atoms with Crippen LogP contribution in [0.3, 0.4) is 0 Å². The van der Waals surface area contributed by atoms with Crippen molar-refractivity contribution in [2.24, 2.45) is 11.8 Å². The molecule has 2 rings (SSSR count). The molecule has 0 N–H and O–H groups in total. The van der Waals surface area contributed by atoms with Crippen LogP contribution in [-0.2, 0) is 6.18 Å². The van der Waals surface area contributed by atoms with Gasteiger partial charge >= 0.3 is 6.18 Å². The van der Waals surface area contributed by atoms with Crippen LogP contribution in [0.15, 0.2) is 30.5 Å². The third kappa shape index (κ3) is 5.59. The van der Waals surface area contributed by atoms with Crippen molar-refractivity contribution in [3.63, 3.8) is 0 Å². The summed E-state index contributed by atoms with van der Waals surface area (Å²) in [5.74, 6) is 0.457. The van der Waals surface area contributed by atoms with Crippen LogP contribution in [0.1, 0.15) is 32.8 Å². The minimum Gasteiger partial charge on any atom is -0.493 e. The van der Waals surface area contributed by atoms with E-state index in [1.54, 1.807) is 0 Å². The van der Waals surface area contributed by atoms with Crippen LogP contribution in [0.2, 0.25) is 5.28 Å². The second-order valence-corrected chi connectivity index (χ2v) is 6.80. The van der Waals surface area contributed by atoms with Crippen molar-refractivity contribution < 1.29 is 17.9 Å². The van der Waals surface area contributed by atoms with E-state index < -0.39 is 11.7 Å². The molecule has 0 aliphatic heterocycles. The van der Waals surface area contributed by atoms with Gasteiger partial charge in [-0.1, -0.05) is 20.8 Å². The smallest absolute Gasteiger partial charge is 0.419 e. The molecule has 0 saturated carbocycles. The number of ether oxygens (including phenoxy) is 1. The average Bonchev–Trinajstić information content (AvgIpc) is 2.51. The first-order valence-electron chi connectivity index (χ1n) is 7.99. The number of hydrogen-bond donors (Lipinski definition) is 0. The first-order valence-corrected chi connectivity index (χ1v) is 8.37. The van der Waals surface area contributed by atoms with Crippen LogP contribution < -0.4 is 4.74 Å². The molecule has 1 aromatic heterocycles. The van der Waals surface area contributed by atoms with Crippen LogP contribution in [0.5, 0.6) is 5.75 Å². The Balaban J connectivity index is 2.29. The van der Waals surface area contributed by atoms with Gasteiger partial charge in [0.15, 0.2) is 0 Å². The van der Waals surface area contributed by atoms with Gasteiger partial charge in [0.05, 0.1) is 17.9 Å². The van der Waals surface area contributed by atoms with Gasteiger partial charge in [-0.3, -0.25) is 0 Å². The van der Waals surface area contributed by atoms with Crippen molar-refractivity contribution in [1.82, 2.24) is 9.97 Å². The van der Waals surface area contributed by atoms with E-state index in [4.69, 9.17) is 16.3 Å². The van der Waals surface area contributed by atoms with Gasteiger partial charge in [-0.25, -0.2) is 9.97 Å². The highest BCUT2D eigenvalue weighted by Crippen LogP contribution is 2.38. The van der Waals surface area contributed by atoms with Gasteiger partial charge in [-0.05, 0) is 54.1 Å². The summed E-state index contributed by atoms with van der Waals surface area (Å²) >= 11 is 5.71. The Morgan fingerprint density at radius 3 is 2.48 bits per heavy atom. The molecule has 1 aromatic carbocycles. The highest BCUT2D eigenvalue weighted by molar-refractivity contribution is 6.28. The van der Waals surface area contributed by atoms with Gasteiger partial charge in [0.25, 0.3) is 0 Å². The van der Waals surface area contributed by atoms with E-state index in [0.29, 0.717) is 17.2 Å². The fraction of sp³-hybridized carbons (Fsp3) is 0.444. The lowest BCUT2D eigenvalue weighted by molar-refractivity contribution is -0.139. The van der Waals surface area contributed by atoms with E-state index in [1.807, 2.05) is 6.92 Å². The minimum atomic E-state index is -4.52. The molecule has 0 spiro atoms. The molecule has 0 radical (unpaired) electrons. The van der Waals surface area contributed by atoms with Gasteiger partial charge in [-0.15, -0.1) is 0 Å². The van der Waals surface area contributed by atoms with Crippen LogP contribution in [0.25, 0.3) is 11.3 Å².